The Morgan fingerprint density at radius 3 is 2.28 bits per heavy atom. The number of hydrogen-bond donors (Lipinski definition) is 2. The number of aromatic nitrogens is 2. The number of carbonyl (C=O) groups is 1. The first-order valence-corrected chi connectivity index (χ1v) is 12.8. The number of aryl methyl sites for hydroxylation is 4. The van der Waals surface area contributed by atoms with Crippen molar-refractivity contribution in [1.29, 1.82) is 0 Å². The average molecular weight is 486 g/mol. The van der Waals surface area contributed by atoms with Crippen molar-refractivity contribution in [2.75, 3.05) is 6.54 Å². The maximum Gasteiger partial charge on any atom is 0.251 e. The molecule has 0 saturated carbocycles. The Morgan fingerprint density at radius 1 is 0.944 bits per heavy atom. The highest BCUT2D eigenvalue weighted by Crippen LogP contribution is 2.23. The molecule has 0 atom stereocenters. The number of nitrogens with zero attached hydrogens (tertiary/aromatic N) is 1. The van der Waals surface area contributed by atoms with Crippen LogP contribution in [0, 0.1) is 27.7 Å². The fourth-order valence-corrected chi connectivity index (χ4v) is 3.78. The van der Waals surface area contributed by atoms with Crippen LogP contribution >= 0.6 is 0 Å². The van der Waals surface area contributed by atoms with Gasteiger partial charge in [-0.1, -0.05) is 43.2 Å². The summed E-state index contributed by atoms with van der Waals surface area (Å²) in [6.07, 6.45) is 2.24. The zero-order valence-electron chi connectivity index (χ0n) is 22.7. The topological polar surface area (TPSA) is 67.0 Å². The van der Waals surface area contributed by atoms with Crippen molar-refractivity contribution in [2.24, 2.45) is 0 Å². The van der Waals surface area contributed by atoms with Crippen molar-refractivity contribution in [2.45, 2.75) is 67.4 Å². The van der Waals surface area contributed by atoms with E-state index in [-0.39, 0.29) is 12.0 Å². The van der Waals surface area contributed by atoms with Gasteiger partial charge in [0.2, 0.25) is 0 Å². The number of amides is 1. The van der Waals surface area contributed by atoms with Crippen molar-refractivity contribution < 1.29 is 9.53 Å². The largest absolute Gasteiger partial charge is 0.491 e. The monoisotopic (exact) mass is 485 g/mol. The number of unbranched alkanes of at least 4 members (excludes halogenated alkanes) is 1. The van der Waals surface area contributed by atoms with Crippen molar-refractivity contribution in [3.05, 3.63) is 82.4 Å². The molecule has 5 nitrogen and oxygen atoms in total. The molecule has 0 aliphatic carbocycles. The predicted octanol–water partition coefficient (Wildman–Crippen LogP) is 7.47. The molecule has 4 rings (SSSR count). The van der Waals surface area contributed by atoms with Crippen molar-refractivity contribution >= 4 is 16.9 Å². The number of H-pyrrole nitrogens is 1. The molecule has 4 aromatic rings. The van der Waals surface area contributed by atoms with Gasteiger partial charge in [0.25, 0.3) is 5.91 Å². The van der Waals surface area contributed by atoms with Crippen molar-refractivity contribution in [3.8, 4) is 17.1 Å². The molecule has 0 radical (unpaired) electrons. The Kier molecular flexibility index (Phi) is 9.29. The lowest BCUT2D eigenvalue weighted by Gasteiger charge is -2.13. The molecule has 36 heavy (non-hydrogen) atoms. The van der Waals surface area contributed by atoms with Crippen LogP contribution in [0.2, 0.25) is 0 Å². The minimum Gasteiger partial charge on any atom is -0.491 e. The van der Waals surface area contributed by atoms with Gasteiger partial charge in [-0.15, -0.1) is 0 Å². The molecule has 0 bridgehead atoms. The predicted molar refractivity (Wildman–Crippen MR) is 150 cm³/mol. The smallest absolute Gasteiger partial charge is 0.251 e. The van der Waals surface area contributed by atoms with Crippen LogP contribution in [0.4, 0.5) is 0 Å². The molecule has 2 N–H and O–H groups in total. The van der Waals surface area contributed by atoms with Crippen LogP contribution in [0.15, 0.2) is 54.6 Å². The van der Waals surface area contributed by atoms with Gasteiger partial charge in [0.05, 0.1) is 17.1 Å². The number of aromatic amines is 1. The fraction of sp³-hybridized carbons (Fsp3) is 0.355. The maximum atomic E-state index is 11.9. The third-order valence-corrected chi connectivity index (χ3v) is 6.04. The van der Waals surface area contributed by atoms with Gasteiger partial charge in [-0.05, 0) is 95.0 Å². The highest BCUT2D eigenvalue weighted by atomic mass is 16.5. The molecule has 0 spiro atoms. The number of imidazole rings is 1. The van der Waals surface area contributed by atoms with E-state index < -0.39 is 0 Å². The first kappa shape index (κ1) is 27.0. The molecule has 0 unspecified atom stereocenters. The molecule has 1 heterocycles. The molecule has 5 heteroatoms. The summed E-state index contributed by atoms with van der Waals surface area (Å²) < 4.78 is 5.65. The Labute approximate surface area is 215 Å². The Morgan fingerprint density at radius 2 is 1.64 bits per heavy atom. The van der Waals surface area contributed by atoms with E-state index in [9.17, 15) is 4.79 Å². The van der Waals surface area contributed by atoms with Crippen LogP contribution in [0.3, 0.4) is 0 Å². The SMILES string of the molecule is CCCCNC(=O)c1ccc(OC(C)C)c(C)c1.Cc1ccc(-c2nc3cc(C)c(C)cc3[nH]2)cc1. The van der Waals surface area contributed by atoms with E-state index in [1.165, 1.54) is 16.7 Å². The molecule has 3 aromatic carbocycles. The number of rotatable bonds is 7. The Balaban J connectivity index is 0.000000201. The van der Waals surface area contributed by atoms with Gasteiger partial charge in [0, 0.05) is 17.7 Å². The fourth-order valence-electron chi connectivity index (χ4n) is 3.78. The first-order chi connectivity index (χ1) is 17.2. The quantitative estimate of drug-likeness (QED) is 0.267. The lowest BCUT2D eigenvalue weighted by molar-refractivity contribution is 0.0953. The second kappa shape index (κ2) is 12.4. The minimum absolute atomic E-state index is 0.0114. The number of fused-ring (bicyclic) bond motifs is 1. The second-order valence-electron chi connectivity index (χ2n) is 9.66. The van der Waals surface area contributed by atoms with Gasteiger partial charge in [0.15, 0.2) is 0 Å². The molecule has 190 valence electrons. The Hall–Kier alpha value is -3.60. The third-order valence-electron chi connectivity index (χ3n) is 6.04. The zero-order chi connectivity index (χ0) is 26.2. The second-order valence-corrected chi connectivity index (χ2v) is 9.66. The number of carbonyl (C=O) groups excluding carboxylic acids is 1. The molecule has 0 saturated heterocycles. The van der Waals surface area contributed by atoms with Gasteiger partial charge in [-0.2, -0.15) is 0 Å². The molecule has 0 fully saturated rings. The summed E-state index contributed by atoms with van der Waals surface area (Å²) in [6.45, 7) is 15.1. The van der Waals surface area contributed by atoms with Gasteiger partial charge >= 0.3 is 0 Å². The molecule has 1 aromatic heterocycles. The molecular formula is C31H39N3O2. The maximum absolute atomic E-state index is 11.9. The van der Waals surface area contributed by atoms with Gasteiger partial charge in [-0.25, -0.2) is 4.98 Å². The summed E-state index contributed by atoms with van der Waals surface area (Å²) in [4.78, 5) is 19.9. The highest BCUT2D eigenvalue weighted by Gasteiger charge is 2.09. The standard InChI is InChI=1S/C16H16N2.C15H23NO2/c1-10-4-6-13(7-5-10)16-17-14-8-11(2)12(3)9-15(14)18-16;1-5-6-9-16-15(17)13-7-8-14(12(4)10-13)18-11(2)3/h4-9H,1-3H3,(H,17,18);7-8,10-11H,5-6,9H2,1-4H3,(H,16,17). The van der Waals surface area contributed by atoms with Gasteiger partial charge < -0.3 is 15.0 Å². The van der Waals surface area contributed by atoms with Crippen LogP contribution in [-0.2, 0) is 0 Å². The van der Waals surface area contributed by atoms with Crippen LogP contribution in [0.5, 0.6) is 5.75 Å². The molecule has 0 aliphatic rings. The summed E-state index contributed by atoms with van der Waals surface area (Å²) in [5, 5.41) is 2.91. The van der Waals surface area contributed by atoms with Crippen LogP contribution in [0.1, 0.15) is 66.2 Å². The number of benzene rings is 3. The van der Waals surface area contributed by atoms with Crippen LogP contribution in [-0.4, -0.2) is 28.5 Å². The summed E-state index contributed by atoms with van der Waals surface area (Å²) in [6, 6.07) is 18.3. The van der Waals surface area contributed by atoms with E-state index in [0.29, 0.717) is 5.56 Å². The van der Waals surface area contributed by atoms with Crippen LogP contribution in [0.25, 0.3) is 22.4 Å². The van der Waals surface area contributed by atoms with Crippen molar-refractivity contribution in [1.82, 2.24) is 15.3 Å². The Bertz CT molecular complexity index is 1260. The number of ether oxygens (including phenoxy) is 1. The van der Waals surface area contributed by atoms with Gasteiger partial charge in [-0.3, -0.25) is 4.79 Å². The van der Waals surface area contributed by atoms with E-state index in [2.05, 4.69) is 79.4 Å². The normalized spacial score (nSPS) is 10.8. The summed E-state index contributed by atoms with van der Waals surface area (Å²) in [5.41, 5.74) is 8.80. The van der Waals surface area contributed by atoms with Crippen LogP contribution < -0.4 is 10.1 Å². The summed E-state index contributed by atoms with van der Waals surface area (Å²) >= 11 is 0. The third kappa shape index (κ3) is 7.20. The van der Waals surface area contributed by atoms with E-state index in [0.717, 1.165) is 53.1 Å². The molecule has 0 aliphatic heterocycles. The average Bonchev–Trinajstić information content (AvgIpc) is 3.24. The van der Waals surface area contributed by atoms with E-state index in [1.807, 2.05) is 39.0 Å². The summed E-state index contributed by atoms with van der Waals surface area (Å²) in [7, 11) is 0. The van der Waals surface area contributed by atoms with E-state index in [1.54, 1.807) is 0 Å². The van der Waals surface area contributed by atoms with E-state index >= 15 is 0 Å². The first-order valence-electron chi connectivity index (χ1n) is 12.8. The van der Waals surface area contributed by atoms with Crippen molar-refractivity contribution in [3.63, 3.8) is 0 Å². The minimum atomic E-state index is -0.0114. The number of hydrogen-bond acceptors (Lipinski definition) is 3. The summed E-state index contributed by atoms with van der Waals surface area (Å²) in [5.74, 6) is 1.77. The molecule has 1 amide bonds. The highest BCUT2D eigenvalue weighted by molar-refractivity contribution is 5.94. The van der Waals surface area contributed by atoms with E-state index in [4.69, 9.17) is 4.74 Å². The molecular weight excluding hydrogens is 446 g/mol. The van der Waals surface area contributed by atoms with Gasteiger partial charge in [0.1, 0.15) is 11.6 Å². The number of nitrogens with one attached hydrogen (secondary N) is 2. The lowest BCUT2D eigenvalue weighted by Crippen LogP contribution is -2.24. The zero-order valence-corrected chi connectivity index (χ0v) is 22.7. The lowest BCUT2D eigenvalue weighted by atomic mass is 10.1.